The smallest absolute Gasteiger partial charge is 0.183 e. The van der Waals surface area contributed by atoms with Crippen molar-refractivity contribution in [1.82, 2.24) is 19.9 Å². The van der Waals surface area contributed by atoms with Gasteiger partial charge in [-0.25, -0.2) is 15.0 Å². The van der Waals surface area contributed by atoms with Crippen molar-refractivity contribution in [2.24, 2.45) is 0 Å². The summed E-state index contributed by atoms with van der Waals surface area (Å²) in [6, 6.07) is 0. The molecule has 0 aromatic carbocycles. The summed E-state index contributed by atoms with van der Waals surface area (Å²) in [5.74, 6) is 0.980. The van der Waals surface area contributed by atoms with Gasteiger partial charge in [-0.2, -0.15) is 0 Å². The third kappa shape index (κ3) is 3.16. The van der Waals surface area contributed by atoms with E-state index < -0.39 is 0 Å². The van der Waals surface area contributed by atoms with E-state index in [0.29, 0.717) is 4.47 Å². The molecule has 2 aromatic heterocycles. The van der Waals surface area contributed by atoms with E-state index in [2.05, 4.69) is 26.8 Å². The van der Waals surface area contributed by atoms with Crippen LogP contribution in [0.15, 0.2) is 12.4 Å². The van der Waals surface area contributed by atoms with Crippen LogP contribution in [-0.4, -0.2) is 26.4 Å². The van der Waals surface area contributed by atoms with Crippen LogP contribution < -0.4 is 0 Å². The predicted molar refractivity (Wildman–Crippen MR) is 81.0 cm³/mol. The number of fused-ring (bicyclic) bond motifs is 1. The zero-order chi connectivity index (χ0) is 13.9. The summed E-state index contributed by atoms with van der Waals surface area (Å²) in [4.78, 5) is 16.8. The second kappa shape index (κ2) is 6.16. The fraction of sp³-hybridized carbons (Fsp3) is 0.500. The van der Waals surface area contributed by atoms with Crippen molar-refractivity contribution in [1.29, 1.82) is 0 Å². The third-order valence-electron chi connectivity index (χ3n) is 3.44. The van der Waals surface area contributed by atoms with Crippen LogP contribution in [0.2, 0.25) is 4.47 Å². The molecular weight excluding hydrogens is 292 g/mol. The van der Waals surface area contributed by atoms with Crippen molar-refractivity contribution in [3.63, 3.8) is 0 Å². The Morgan fingerprint density at radius 3 is 3.00 bits per heavy atom. The minimum Gasteiger partial charge on any atom is -0.293 e. The molecule has 4 nitrogen and oxygen atoms in total. The Bertz CT molecular complexity index is 599. The van der Waals surface area contributed by atoms with Gasteiger partial charge in [0.2, 0.25) is 0 Å². The Balaban J connectivity index is 1.69. The lowest BCUT2D eigenvalue weighted by atomic mass is 10.1. The molecular formula is C14H17ClN4S. The van der Waals surface area contributed by atoms with Crippen LogP contribution in [-0.2, 0) is 25.9 Å². The molecule has 0 saturated carbocycles. The van der Waals surface area contributed by atoms with Crippen molar-refractivity contribution >= 4 is 22.9 Å². The average molecular weight is 309 g/mol. The molecule has 1 aliphatic rings. The van der Waals surface area contributed by atoms with E-state index in [1.807, 2.05) is 12.4 Å². The maximum Gasteiger partial charge on any atom is 0.183 e. The molecule has 0 bridgehead atoms. The molecule has 0 atom stereocenters. The minimum atomic E-state index is 0.616. The number of aromatic nitrogens is 3. The summed E-state index contributed by atoms with van der Waals surface area (Å²) in [6.45, 7) is 5.01. The van der Waals surface area contributed by atoms with Crippen LogP contribution in [0.4, 0.5) is 0 Å². The first kappa shape index (κ1) is 13.9. The van der Waals surface area contributed by atoms with Gasteiger partial charge in [0.05, 0.1) is 0 Å². The highest BCUT2D eigenvalue weighted by molar-refractivity contribution is 7.15. The quantitative estimate of drug-likeness (QED) is 0.870. The van der Waals surface area contributed by atoms with Gasteiger partial charge in [0.1, 0.15) is 5.82 Å². The highest BCUT2D eigenvalue weighted by Gasteiger charge is 2.19. The number of thiazole rings is 1. The lowest BCUT2D eigenvalue weighted by Crippen LogP contribution is -2.30. The van der Waals surface area contributed by atoms with Crippen LogP contribution >= 0.6 is 22.9 Å². The van der Waals surface area contributed by atoms with Crippen LogP contribution in [0.1, 0.15) is 35.3 Å². The number of hydrogen-bond donors (Lipinski definition) is 0. The molecule has 0 aliphatic carbocycles. The molecule has 1 aliphatic heterocycles. The predicted octanol–water partition coefficient (Wildman–Crippen LogP) is 3.10. The normalized spacial score (nSPS) is 15.3. The molecule has 3 heterocycles. The van der Waals surface area contributed by atoms with Crippen molar-refractivity contribution in [2.45, 2.75) is 39.3 Å². The Hall–Kier alpha value is -1.04. The van der Waals surface area contributed by atoms with Gasteiger partial charge >= 0.3 is 0 Å². The van der Waals surface area contributed by atoms with Crippen LogP contribution in [0, 0.1) is 0 Å². The first-order chi connectivity index (χ1) is 9.74. The zero-order valence-electron chi connectivity index (χ0n) is 11.5. The molecule has 6 heteroatoms. The highest BCUT2D eigenvalue weighted by Crippen LogP contribution is 2.23. The van der Waals surface area contributed by atoms with Gasteiger partial charge < -0.3 is 0 Å². The van der Waals surface area contributed by atoms with Gasteiger partial charge in [-0.05, 0) is 6.42 Å². The largest absolute Gasteiger partial charge is 0.293 e. The standard InChI is InChI=1S/C14H17ClN4S/c1-2-3-13-16-6-10-8-19(5-4-12(10)18-13)9-11-7-17-14(15)20-11/h6-7H,2-5,8-9H2,1H3. The molecule has 20 heavy (non-hydrogen) atoms. The number of aryl methyl sites for hydroxylation is 1. The lowest BCUT2D eigenvalue weighted by molar-refractivity contribution is 0.244. The van der Waals surface area contributed by atoms with Gasteiger partial charge in [0.25, 0.3) is 0 Å². The summed E-state index contributed by atoms with van der Waals surface area (Å²) in [5, 5.41) is 0. The van der Waals surface area contributed by atoms with Gasteiger partial charge in [-0.1, -0.05) is 18.5 Å². The number of halogens is 1. The highest BCUT2D eigenvalue weighted by atomic mass is 35.5. The molecule has 0 unspecified atom stereocenters. The first-order valence-corrected chi connectivity index (χ1v) is 8.10. The molecule has 0 N–H and O–H groups in total. The maximum atomic E-state index is 5.88. The summed E-state index contributed by atoms with van der Waals surface area (Å²) < 4.78 is 0.616. The van der Waals surface area contributed by atoms with E-state index in [9.17, 15) is 0 Å². The lowest BCUT2D eigenvalue weighted by Gasteiger charge is -2.27. The Morgan fingerprint density at radius 2 is 2.25 bits per heavy atom. The molecule has 0 saturated heterocycles. The summed E-state index contributed by atoms with van der Waals surface area (Å²) in [5.41, 5.74) is 2.48. The summed E-state index contributed by atoms with van der Waals surface area (Å²) in [6.07, 6.45) is 6.93. The molecule has 0 amide bonds. The van der Waals surface area contributed by atoms with Crippen molar-refractivity contribution < 1.29 is 0 Å². The zero-order valence-corrected chi connectivity index (χ0v) is 13.0. The van der Waals surface area contributed by atoms with Gasteiger partial charge in [-0.3, -0.25) is 4.90 Å². The van der Waals surface area contributed by atoms with E-state index in [1.165, 1.54) is 16.1 Å². The van der Waals surface area contributed by atoms with Crippen molar-refractivity contribution in [3.8, 4) is 0 Å². The third-order valence-corrected chi connectivity index (χ3v) is 4.54. The molecule has 0 fully saturated rings. The summed E-state index contributed by atoms with van der Waals surface area (Å²) >= 11 is 7.43. The second-order valence-corrected chi connectivity index (χ2v) is 6.75. The van der Waals surface area contributed by atoms with Crippen molar-refractivity contribution in [2.75, 3.05) is 6.54 Å². The number of hydrogen-bond acceptors (Lipinski definition) is 5. The molecule has 0 spiro atoms. The first-order valence-electron chi connectivity index (χ1n) is 6.91. The minimum absolute atomic E-state index is 0.616. The fourth-order valence-electron chi connectivity index (χ4n) is 2.47. The van der Waals surface area contributed by atoms with Gasteiger partial charge in [0, 0.05) is 61.0 Å². The van der Waals surface area contributed by atoms with Crippen LogP contribution in [0.25, 0.3) is 0 Å². The maximum absolute atomic E-state index is 5.88. The molecule has 106 valence electrons. The molecule has 3 rings (SSSR count). The number of nitrogens with zero attached hydrogens (tertiary/aromatic N) is 4. The number of rotatable bonds is 4. The van der Waals surface area contributed by atoms with E-state index in [0.717, 1.165) is 44.7 Å². The Labute approximate surface area is 127 Å². The van der Waals surface area contributed by atoms with E-state index in [1.54, 1.807) is 11.3 Å². The fourth-order valence-corrected chi connectivity index (χ4v) is 3.49. The SMILES string of the molecule is CCCc1ncc2c(n1)CCN(Cc1cnc(Cl)s1)C2. The van der Waals surface area contributed by atoms with Crippen molar-refractivity contribution in [3.05, 3.63) is 38.8 Å². The monoisotopic (exact) mass is 308 g/mol. The molecule has 0 radical (unpaired) electrons. The Kier molecular flexibility index (Phi) is 4.29. The summed E-state index contributed by atoms with van der Waals surface area (Å²) in [7, 11) is 0. The second-order valence-electron chi connectivity index (χ2n) is 5.05. The Morgan fingerprint density at radius 1 is 1.35 bits per heavy atom. The van der Waals surface area contributed by atoms with Gasteiger partial charge in [0.15, 0.2) is 4.47 Å². The van der Waals surface area contributed by atoms with Crippen LogP contribution in [0.5, 0.6) is 0 Å². The average Bonchev–Trinajstić information content (AvgIpc) is 2.85. The van der Waals surface area contributed by atoms with E-state index >= 15 is 0 Å². The van der Waals surface area contributed by atoms with Gasteiger partial charge in [-0.15, -0.1) is 11.3 Å². The molecule has 2 aromatic rings. The topological polar surface area (TPSA) is 41.9 Å². The van der Waals surface area contributed by atoms with Crippen LogP contribution in [0.3, 0.4) is 0 Å². The van der Waals surface area contributed by atoms with E-state index in [-0.39, 0.29) is 0 Å². The van der Waals surface area contributed by atoms with E-state index in [4.69, 9.17) is 11.6 Å².